The van der Waals surface area contributed by atoms with Gasteiger partial charge in [-0.1, -0.05) is 61.7 Å². The minimum absolute atomic E-state index is 0.777. The molecule has 0 aliphatic carbocycles. The summed E-state index contributed by atoms with van der Waals surface area (Å²) < 4.78 is 0. The fraction of sp³-hybridized carbons (Fsp3) is 0. The van der Waals surface area contributed by atoms with Gasteiger partial charge >= 0.3 is 0 Å². The Kier molecular flexibility index (Phi) is 4.89. The van der Waals surface area contributed by atoms with Gasteiger partial charge in [-0.05, 0) is 42.5 Å². The van der Waals surface area contributed by atoms with Gasteiger partial charge in [-0.3, -0.25) is 0 Å². The maximum absolute atomic E-state index is 4.58. The second-order valence-corrected chi connectivity index (χ2v) is 6.26. The number of nitrogens with zero attached hydrogens (tertiary/aromatic N) is 3. The molecule has 5 rings (SSSR count). The standard InChI is InChI=1S/C13H9N.C12H10N2/c1-3-7-12-10(5-1)9-11-6-2-4-8-13(11)14-12;1-3-9-10(4-2)14-12-8-6-5-7-11(12)13-9/h1-9H;3-8H,1-2H2. The van der Waals surface area contributed by atoms with E-state index in [1.54, 1.807) is 12.2 Å². The van der Waals surface area contributed by atoms with Gasteiger partial charge in [-0.2, -0.15) is 0 Å². The fourth-order valence-electron chi connectivity index (χ4n) is 3.05. The summed E-state index contributed by atoms with van der Waals surface area (Å²) in [5.41, 5.74) is 5.44. The molecule has 0 aliphatic heterocycles. The van der Waals surface area contributed by atoms with E-state index >= 15 is 0 Å². The fourth-order valence-corrected chi connectivity index (χ4v) is 3.05. The lowest BCUT2D eigenvalue weighted by atomic mass is 10.1. The molecular formula is C25H19N3. The van der Waals surface area contributed by atoms with Crippen molar-refractivity contribution in [2.24, 2.45) is 0 Å². The van der Waals surface area contributed by atoms with Gasteiger partial charge in [-0.25, -0.2) is 15.0 Å². The topological polar surface area (TPSA) is 38.7 Å². The molecule has 0 N–H and O–H groups in total. The van der Waals surface area contributed by atoms with Gasteiger partial charge in [0, 0.05) is 10.8 Å². The first kappa shape index (κ1) is 17.6. The number of para-hydroxylation sites is 4. The first-order valence-electron chi connectivity index (χ1n) is 9.04. The predicted octanol–water partition coefficient (Wildman–Crippen LogP) is 6.30. The van der Waals surface area contributed by atoms with E-state index in [-0.39, 0.29) is 0 Å². The van der Waals surface area contributed by atoms with E-state index < -0.39 is 0 Å². The highest BCUT2D eigenvalue weighted by molar-refractivity contribution is 5.92. The van der Waals surface area contributed by atoms with Gasteiger partial charge in [0.2, 0.25) is 0 Å². The van der Waals surface area contributed by atoms with Crippen LogP contribution in [0, 0.1) is 0 Å². The predicted molar refractivity (Wildman–Crippen MR) is 119 cm³/mol. The zero-order valence-corrected chi connectivity index (χ0v) is 15.4. The highest BCUT2D eigenvalue weighted by Gasteiger charge is 2.01. The minimum Gasteiger partial charge on any atom is -0.248 e. The maximum atomic E-state index is 4.58. The Bertz CT molecular complexity index is 1150. The van der Waals surface area contributed by atoms with Crippen LogP contribution in [0.25, 0.3) is 45.0 Å². The average molecular weight is 361 g/mol. The number of hydrogen-bond acceptors (Lipinski definition) is 3. The number of rotatable bonds is 2. The zero-order valence-electron chi connectivity index (χ0n) is 15.4. The summed E-state index contributed by atoms with van der Waals surface area (Å²) in [5.74, 6) is 0. The summed E-state index contributed by atoms with van der Waals surface area (Å²) >= 11 is 0. The lowest BCUT2D eigenvalue weighted by Gasteiger charge is -2.01. The van der Waals surface area contributed by atoms with Crippen LogP contribution >= 0.6 is 0 Å². The molecule has 0 spiro atoms. The normalized spacial score (nSPS) is 10.4. The number of hydrogen-bond donors (Lipinski definition) is 0. The quantitative estimate of drug-likeness (QED) is 0.346. The van der Waals surface area contributed by atoms with Gasteiger partial charge in [0.25, 0.3) is 0 Å². The molecule has 0 saturated carbocycles. The Balaban J connectivity index is 0.000000137. The van der Waals surface area contributed by atoms with Crippen LogP contribution in [0.15, 0.2) is 92.0 Å². The first-order chi connectivity index (χ1) is 13.8. The molecule has 0 aliphatic rings. The third kappa shape index (κ3) is 3.51. The van der Waals surface area contributed by atoms with Crippen molar-refractivity contribution in [2.75, 3.05) is 0 Å². The van der Waals surface area contributed by atoms with Gasteiger partial charge in [0.05, 0.1) is 33.5 Å². The molecule has 3 aromatic carbocycles. The molecule has 28 heavy (non-hydrogen) atoms. The Morgan fingerprint density at radius 1 is 0.500 bits per heavy atom. The second-order valence-electron chi connectivity index (χ2n) is 6.26. The van der Waals surface area contributed by atoms with E-state index in [1.807, 2.05) is 60.7 Å². The van der Waals surface area contributed by atoms with Crippen molar-refractivity contribution in [2.45, 2.75) is 0 Å². The summed E-state index contributed by atoms with van der Waals surface area (Å²) in [6.45, 7) is 7.39. The molecule has 3 nitrogen and oxygen atoms in total. The number of pyridine rings is 1. The smallest absolute Gasteiger partial charge is 0.0894 e. The molecule has 5 aromatic rings. The molecule has 0 amide bonds. The SMILES string of the molecule is C=Cc1nc2ccccc2nc1C=C.c1ccc2nc3ccccc3cc2c1. The molecule has 2 aromatic heterocycles. The largest absolute Gasteiger partial charge is 0.248 e. The number of aromatic nitrogens is 3. The van der Waals surface area contributed by atoms with E-state index in [0.29, 0.717) is 0 Å². The molecule has 0 fully saturated rings. The number of fused-ring (bicyclic) bond motifs is 3. The van der Waals surface area contributed by atoms with E-state index in [9.17, 15) is 0 Å². The second kappa shape index (κ2) is 7.80. The summed E-state index contributed by atoms with van der Waals surface area (Å²) in [4.78, 5) is 13.4. The molecule has 0 radical (unpaired) electrons. The summed E-state index contributed by atoms with van der Waals surface area (Å²) in [7, 11) is 0. The minimum atomic E-state index is 0.777. The first-order valence-corrected chi connectivity index (χ1v) is 9.04. The third-order valence-electron chi connectivity index (χ3n) is 4.44. The van der Waals surface area contributed by atoms with Crippen LogP contribution in [-0.2, 0) is 0 Å². The number of benzene rings is 3. The monoisotopic (exact) mass is 361 g/mol. The van der Waals surface area contributed by atoms with Crippen molar-refractivity contribution < 1.29 is 0 Å². The van der Waals surface area contributed by atoms with Gasteiger partial charge in [-0.15, -0.1) is 0 Å². The zero-order chi connectivity index (χ0) is 19.3. The average Bonchev–Trinajstić information content (AvgIpc) is 2.77. The van der Waals surface area contributed by atoms with Crippen molar-refractivity contribution in [1.29, 1.82) is 0 Å². The Morgan fingerprint density at radius 3 is 1.32 bits per heavy atom. The van der Waals surface area contributed by atoms with Crippen LogP contribution < -0.4 is 0 Å². The maximum Gasteiger partial charge on any atom is 0.0894 e. The molecule has 0 saturated heterocycles. The molecule has 3 heteroatoms. The van der Waals surface area contributed by atoms with Crippen LogP contribution in [0.4, 0.5) is 0 Å². The summed E-state index contributed by atoms with van der Waals surface area (Å²) in [5, 5.41) is 2.40. The molecular weight excluding hydrogens is 342 g/mol. The van der Waals surface area contributed by atoms with Gasteiger partial charge < -0.3 is 0 Å². The van der Waals surface area contributed by atoms with Crippen LogP contribution in [-0.4, -0.2) is 15.0 Å². The third-order valence-corrected chi connectivity index (χ3v) is 4.44. The van der Waals surface area contributed by atoms with Crippen molar-refractivity contribution >= 4 is 45.0 Å². The van der Waals surface area contributed by atoms with E-state index in [2.05, 4.69) is 46.3 Å². The molecule has 0 atom stereocenters. The van der Waals surface area contributed by atoms with Crippen LogP contribution in [0.1, 0.15) is 11.4 Å². The lowest BCUT2D eigenvalue weighted by molar-refractivity contribution is 1.24. The van der Waals surface area contributed by atoms with Crippen LogP contribution in [0.3, 0.4) is 0 Å². The van der Waals surface area contributed by atoms with E-state index in [4.69, 9.17) is 0 Å². The van der Waals surface area contributed by atoms with Crippen molar-refractivity contribution in [1.82, 2.24) is 15.0 Å². The highest BCUT2D eigenvalue weighted by Crippen LogP contribution is 2.18. The van der Waals surface area contributed by atoms with Gasteiger partial charge in [0.15, 0.2) is 0 Å². The summed E-state index contributed by atoms with van der Waals surface area (Å²) in [6.07, 6.45) is 3.38. The Labute approximate surface area is 163 Å². The Morgan fingerprint density at radius 2 is 0.893 bits per heavy atom. The van der Waals surface area contributed by atoms with Crippen molar-refractivity contribution in [3.8, 4) is 0 Å². The molecule has 0 unspecified atom stereocenters. The van der Waals surface area contributed by atoms with E-state index in [0.717, 1.165) is 33.5 Å². The van der Waals surface area contributed by atoms with E-state index in [1.165, 1.54) is 10.8 Å². The summed E-state index contributed by atoms with van der Waals surface area (Å²) in [6, 6.07) is 26.3. The lowest BCUT2D eigenvalue weighted by Crippen LogP contribution is -1.92. The van der Waals surface area contributed by atoms with Gasteiger partial charge in [0.1, 0.15) is 0 Å². The Hall–Kier alpha value is -3.85. The van der Waals surface area contributed by atoms with Crippen LogP contribution in [0.5, 0.6) is 0 Å². The molecule has 0 bridgehead atoms. The van der Waals surface area contributed by atoms with Crippen molar-refractivity contribution in [3.05, 3.63) is 103 Å². The van der Waals surface area contributed by atoms with Crippen molar-refractivity contribution in [3.63, 3.8) is 0 Å². The highest BCUT2D eigenvalue weighted by atomic mass is 14.8. The van der Waals surface area contributed by atoms with Crippen LogP contribution in [0.2, 0.25) is 0 Å². The molecule has 2 heterocycles. The molecule has 134 valence electrons.